The molecular weight excluding hydrogens is 458 g/mol. The minimum atomic E-state index is -3.88. The Morgan fingerprint density at radius 1 is 0.938 bits per heavy atom. The molecule has 174 valence electrons. The van der Waals surface area contributed by atoms with E-state index < -0.39 is 38.2 Å². The van der Waals surface area contributed by atoms with E-state index in [-0.39, 0.29) is 19.6 Å². The second-order valence-electron chi connectivity index (χ2n) is 7.58. The first kappa shape index (κ1) is 24.2. The maximum Gasteiger partial charge on any atom is 0.264 e. The van der Waals surface area contributed by atoms with E-state index in [1.165, 1.54) is 12.0 Å². The molecule has 0 fully saturated rings. The van der Waals surface area contributed by atoms with Gasteiger partial charge in [0.15, 0.2) is 0 Å². The normalized spacial score (nSPS) is 18.6. The standard InChI is InChI=1S/C21H25NO8S2/c1-28-17-9-10-19-18(13-17)21(15-30-32(3,26)27,11-12-29-31(2,24)25)20(23)22(19)14-16-7-5-4-6-8-16/h4-10,13H,11-12,14-15H2,1-3H3. The molecule has 1 aliphatic rings. The maximum absolute atomic E-state index is 13.8. The third kappa shape index (κ3) is 5.47. The van der Waals surface area contributed by atoms with Crippen LogP contribution in [0.25, 0.3) is 0 Å². The highest BCUT2D eigenvalue weighted by Gasteiger charge is 2.52. The zero-order valence-electron chi connectivity index (χ0n) is 18.0. The molecule has 2 aromatic rings. The molecule has 1 amide bonds. The van der Waals surface area contributed by atoms with Crippen LogP contribution in [0.5, 0.6) is 5.75 Å². The Labute approximate surface area is 188 Å². The Bertz CT molecular complexity index is 1200. The molecule has 9 nitrogen and oxygen atoms in total. The highest BCUT2D eigenvalue weighted by molar-refractivity contribution is 7.86. The van der Waals surface area contributed by atoms with Crippen molar-refractivity contribution in [1.29, 1.82) is 0 Å². The lowest BCUT2D eigenvalue weighted by molar-refractivity contribution is -0.124. The van der Waals surface area contributed by atoms with E-state index in [1.807, 2.05) is 30.3 Å². The van der Waals surface area contributed by atoms with Crippen molar-refractivity contribution in [3.8, 4) is 5.75 Å². The zero-order valence-corrected chi connectivity index (χ0v) is 19.6. The fraction of sp³-hybridized carbons (Fsp3) is 0.381. The summed E-state index contributed by atoms with van der Waals surface area (Å²) in [5, 5.41) is 0. The van der Waals surface area contributed by atoms with Crippen LogP contribution in [0.3, 0.4) is 0 Å². The monoisotopic (exact) mass is 483 g/mol. The van der Waals surface area contributed by atoms with E-state index >= 15 is 0 Å². The molecule has 1 heterocycles. The van der Waals surface area contributed by atoms with Gasteiger partial charge in [-0.25, -0.2) is 0 Å². The van der Waals surface area contributed by atoms with Crippen molar-refractivity contribution in [3.63, 3.8) is 0 Å². The Hall–Kier alpha value is -2.47. The Morgan fingerprint density at radius 3 is 2.19 bits per heavy atom. The predicted molar refractivity (Wildman–Crippen MR) is 119 cm³/mol. The second-order valence-corrected chi connectivity index (χ2v) is 10.9. The Morgan fingerprint density at radius 2 is 1.59 bits per heavy atom. The van der Waals surface area contributed by atoms with Crippen molar-refractivity contribution in [2.45, 2.75) is 18.4 Å². The lowest BCUT2D eigenvalue weighted by Crippen LogP contribution is -2.45. The number of rotatable bonds is 10. The van der Waals surface area contributed by atoms with Crippen LogP contribution in [0.4, 0.5) is 5.69 Å². The van der Waals surface area contributed by atoms with Crippen LogP contribution in [-0.2, 0) is 45.4 Å². The molecule has 32 heavy (non-hydrogen) atoms. The number of hydrogen-bond acceptors (Lipinski definition) is 8. The van der Waals surface area contributed by atoms with Crippen LogP contribution in [-0.4, -0.2) is 55.6 Å². The highest BCUT2D eigenvalue weighted by Crippen LogP contribution is 2.46. The topological polar surface area (TPSA) is 116 Å². The molecule has 0 saturated heterocycles. The quantitative estimate of drug-likeness (QED) is 0.470. The molecule has 2 aromatic carbocycles. The summed E-state index contributed by atoms with van der Waals surface area (Å²) >= 11 is 0. The van der Waals surface area contributed by atoms with E-state index in [0.29, 0.717) is 17.0 Å². The van der Waals surface area contributed by atoms with Gasteiger partial charge in [0, 0.05) is 5.69 Å². The zero-order chi connectivity index (χ0) is 23.6. The van der Waals surface area contributed by atoms with Gasteiger partial charge in [0.1, 0.15) is 11.2 Å². The number of ether oxygens (including phenoxy) is 1. The van der Waals surface area contributed by atoms with E-state index in [2.05, 4.69) is 0 Å². The molecule has 0 N–H and O–H groups in total. The predicted octanol–water partition coefficient (Wildman–Crippen LogP) is 1.82. The van der Waals surface area contributed by atoms with Crippen molar-refractivity contribution < 1.29 is 34.7 Å². The number of nitrogens with zero attached hydrogens (tertiary/aromatic N) is 1. The third-order valence-corrected chi connectivity index (χ3v) is 6.33. The number of carbonyl (C=O) groups excluding carboxylic acids is 1. The van der Waals surface area contributed by atoms with Gasteiger partial charge in [-0.15, -0.1) is 0 Å². The van der Waals surface area contributed by atoms with Crippen LogP contribution >= 0.6 is 0 Å². The van der Waals surface area contributed by atoms with Crippen LogP contribution in [0.2, 0.25) is 0 Å². The lowest BCUT2D eigenvalue weighted by Gasteiger charge is -2.28. The SMILES string of the molecule is COc1ccc2c(c1)C(CCOS(C)(=O)=O)(COS(C)(=O)=O)C(=O)N2Cc1ccccc1. The lowest BCUT2D eigenvalue weighted by atomic mass is 9.79. The minimum absolute atomic E-state index is 0.111. The van der Waals surface area contributed by atoms with Gasteiger partial charge in [0.05, 0.1) is 39.4 Å². The Balaban J connectivity index is 2.09. The van der Waals surface area contributed by atoms with Crippen molar-refractivity contribution >= 4 is 31.8 Å². The van der Waals surface area contributed by atoms with Crippen molar-refractivity contribution in [3.05, 3.63) is 59.7 Å². The van der Waals surface area contributed by atoms with Gasteiger partial charge < -0.3 is 9.64 Å². The summed E-state index contributed by atoms with van der Waals surface area (Å²) in [6.07, 6.45) is 1.68. The van der Waals surface area contributed by atoms with Gasteiger partial charge in [-0.1, -0.05) is 30.3 Å². The average Bonchev–Trinajstić information content (AvgIpc) is 2.94. The number of anilines is 1. The third-order valence-electron chi connectivity index (χ3n) is 5.19. The van der Waals surface area contributed by atoms with E-state index in [9.17, 15) is 21.6 Å². The fourth-order valence-corrected chi connectivity index (χ4v) is 4.50. The number of methoxy groups -OCH3 is 1. The van der Waals surface area contributed by atoms with E-state index in [1.54, 1.807) is 18.2 Å². The summed E-state index contributed by atoms with van der Waals surface area (Å²) in [7, 11) is -6.17. The number of carbonyl (C=O) groups is 1. The molecular formula is C21H25NO8S2. The number of benzene rings is 2. The van der Waals surface area contributed by atoms with Crippen LogP contribution < -0.4 is 9.64 Å². The average molecular weight is 484 g/mol. The summed E-state index contributed by atoms with van der Waals surface area (Å²) in [4.78, 5) is 15.3. The van der Waals surface area contributed by atoms with E-state index in [4.69, 9.17) is 13.1 Å². The molecule has 11 heteroatoms. The van der Waals surface area contributed by atoms with Crippen LogP contribution in [0, 0.1) is 0 Å². The molecule has 0 saturated carbocycles. The molecule has 0 radical (unpaired) electrons. The summed E-state index contributed by atoms with van der Waals surface area (Å²) in [5.74, 6) is 0.0521. The van der Waals surface area contributed by atoms with Gasteiger partial charge in [-0.3, -0.25) is 13.2 Å². The highest BCUT2D eigenvalue weighted by atomic mass is 32.2. The maximum atomic E-state index is 13.8. The molecule has 0 spiro atoms. The first-order valence-corrected chi connectivity index (χ1v) is 13.3. The molecule has 0 aliphatic carbocycles. The number of amides is 1. The second kappa shape index (κ2) is 9.18. The number of hydrogen-bond donors (Lipinski definition) is 0. The minimum Gasteiger partial charge on any atom is -0.497 e. The summed E-state index contributed by atoms with van der Waals surface area (Å²) in [6, 6.07) is 14.4. The summed E-state index contributed by atoms with van der Waals surface area (Å²) in [5.41, 5.74) is 0.441. The summed E-state index contributed by atoms with van der Waals surface area (Å²) < 4.78 is 61.8. The molecule has 1 aliphatic heterocycles. The molecule has 1 atom stereocenters. The summed E-state index contributed by atoms with van der Waals surface area (Å²) in [6.45, 7) is -0.580. The molecule has 0 bridgehead atoms. The van der Waals surface area contributed by atoms with Gasteiger partial charge in [0.25, 0.3) is 20.2 Å². The van der Waals surface area contributed by atoms with Crippen molar-refractivity contribution in [2.24, 2.45) is 0 Å². The van der Waals surface area contributed by atoms with Gasteiger partial charge in [-0.2, -0.15) is 16.8 Å². The van der Waals surface area contributed by atoms with Gasteiger partial charge >= 0.3 is 0 Å². The number of fused-ring (bicyclic) bond motifs is 1. The van der Waals surface area contributed by atoms with Gasteiger partial charge in [-0.05, 0) is 35.7 Å². The molecule has 3 rings (SSSR count). The van der Waals surface area contributed by atoms with Crippen LogP contribution in [0.15, 0.2) is 48.5 Å². The van der Waals surface area contributed by atoms with E-state index in [0.717, 1.165) is 18.1 Å². The smallest absolute Gasteiger partial charge is 0.264 e. The van der Waals surface area contributed by atoms with Crippen molar-refractivity contribution in [2.75, 3.05) is 37.7 Å². The van der Waals surface area contributed by atoms with Gasteiger partial charge in [0.2, 0.25) is 5.91 Å². The first-order chi connectivity index (χ1) is 15.0. The van der Waals surface area contributed by atoms with Crippen molar-refractivity contribution in [1.82, 2.24) is 0 Å². The molecule has 0 aromatic heterocycles. The largest absolute Gasteiger partial charge is 0.497 e. The Kier molecular flexibility index (Phi) is 6.94. The molecule has 1 unspecified atom stereocenters. The van der Waals surface area contributed by atoms with Crippen LogP contribution in [0.1, 0.15) is 17.5 Å². The first-order valence-electron chi connectivity index (χ1n) is 9.68. The fourth-order valence-electron chi connectivity index (χ4n) is 3.69.